The Morgan fingerprint density at radius 1 is 1.24 bits per heavy atom. The maximum absolute atomic E-state index is 12.3. The molecule has 1 amide bonds. The molecule has 1 unspecified atom stereocenters. The summed E-state index contributed by atoms with van der Waals surface area (Å²) >= 11 is 0. The fraction of sp³-hybridized carbons (Fsp3) is 0.625. The number of nitrogens with zero attached hydrogens (tertiary/aromatic N) is 2. The fourth-order valence-electron chi connectivity index (χ4n) is 3.37. The average Bonchev–Trinajstić information content (AvgIpc) is 2.38. The minimum Gasteiger partial charge on any atom is -0.444 e. The van der Waals surface area contributed by atoms with Crippen molar-refractivity contribution in [1.29, 1.82) is 0 Å². The van der Waals surface area contributed by atoms with Crippen molar-refractivity contribution in [3.05, 3.63) is 34.2 Å². The largest absolute Gasteiger partial charge is 0.444 e. The van der Waals surface area contributed by atoms with Crippen LogP contribution in [0.5, 0.6) is 0 Å². The molecule has 0 N–H and O–H groups in total. The number of hydrogen-bond donors (Lipinski definition) is 0. The number of amides is 1. The molecule has 0 radical (unpaired) electrons. The predicted molar refractivity (Wildman–Crippen MR) is 79.4 cm³/mol. The molecule has 3 heterocycles. The van der Waals surface area contributed by atoms with Crippen LogP contribution in [-0.4, -0.2) is 34.3 Å². The van der Waals surface area contributed by atoms with E-state index in [1.54, 1.807) is 17.0 Å². The predicted octanol–water partition coefficient (Wildman–Crippen LogP) is 2.20. The molecule has 3 rings (SSSR count). The number of rotatable bonds is 0. The van der Waals surface area contributed by atoms with Gasteiger partial charge < -0.3 is 14.2 Å². The van der Waals surface area contributed by atoms with E-state index in [2.05, 4.69) is 0 Å². The summed E-state index contributed by atoms with van der Waals surface area (Å²) in [5.41, 5.74) is 0.637. The molecule has 21 heavy (non-hydrogen) atoms. The topological polar surface area (TPSA) is 51.5 Å². The van der Waals surface area contributed by atoms with Crippen LogP contribution in [0.2, 0.25) is 0 Å². The summed E-state index contributed by atoms with van der Waals surface area (Å²) in [4.78, 5) is 26.0. The van der Waals surface area contributed by atoms with Gasteiger partial charge in [0.2, 0.25) is 0 Å². The highest BCUT2D eigenvalue weighted by Gasteiger charge is 2.37. The quantitative estimate of drug-likeness (QED) is 0.736. The van der Waals surface area contributed by atoms with Crippen molar-refractivity contribution in [3.63, 3.8) is 0 Å². The number of fused-ring (bicyclic) bond motifs is 4. The minimum absolute atomic E-state index is 0.0629. The van der Waals surface area contributed by atoms with Crippen molar-refractivity contribution in [3.8, 4) is 0 Å². The molecule has 114 valence electrons. The van der Waals surface area contributed by atoms with E-state index in [4.69, 9.17) is 4.74 Å². The van der Waals surface area contributed by atoms with Crippen LogP contribution in [0, 0.1) is 5.92 Å². The van der Waals surface area contributed by atoms with Crippen molar-refractivity contribution in [1.82, 2.24) is 9.47 Å². The Morgan fingerprint density at radius 3 is 2.71 bits per heavy atom. The molecule has 2 bridgehead atoms. The van der Waals surface area contributed by atoms with Gasteiger partial charge in [0, 0.05) is 37.3 Å². The molecule has 1 aromatic heterocycles. The third-order valence-electron chi connectivity index (χ3n) is 4.13. The maximum Gasteiger partial charge on any atom is 0.410 e. The van der Waals surface area contributed by atoms with Gasteiger partial charge in [-0.2, -0.15) is 0 Å². The second-order valence-corrected chi connectivity index (χ2v) is 7.08. The number of aromatic nitrogens is 1. The molecule has 0 spiro atoms. The van der Waals surface area contributed by atoms with Gasteiger partial charge >= 0.3 is 6.09 Å². The third-order valence-corrected chi connectivity index (χ3v) is 4.13. The second-order valence-electron chi connectivity index (χ2n) is 7.08. The first-order valence-corrected chi connectivity index (χ1v) is 7.51. The van der Waals surface area contributed by atoms with Crippen LogP contribution in [0.15, 0.2) is 23.0 Å². The summed E-state index contributed by atoms with van der Waals surface area (Å²) in [7, 11) is 0. The highest BCUT2D eigenvalue weighted by molar-refractivity contribution is 5.68. The lowest BCUT2D eigenvalue weighted by Gasteiger charge is -2.42. The monoisotopic (exact) mass is 290 g/mol. The van der Waals surface area contributed by atoms with Crippen molar-refractivity contribution < 1.29 is 9.53 Å². The molecule has 1 aromatic rings. The Bertz CT molecular complexity index is 615. The van der Waals surface area contributed by atoms with Crippen LogP contribution >= 0.6 is 0 Å². The Morgan fingerprint density at radius 2 is 2.00 bits per heavy atom. The number of likely N-dealkylation sites (tertiary alicyclic amines) is 1. The van der Waals surface area contributed by atoms with E-state index >= 15 is 0 Å². The summed E-state index contributed by atoms with van der Waals surface area (Å²) in [5.74, 6) is 0.572. The lowest BCUT2D eigenvalue weighted by molar-refractivity contribution is 0.0102. The van der Waals surface area contributed by atoms with Gasteiger partial charge in [-0.25, -0.2) is 4.79 Å². The zero-order valence-electron chi connectivity index (χ0n) is 12.8. The molecule has 0 aromatic carbocycles. The third kappa shape index (κ3) is 2.82. The Hall–Kier alpha value is -1.78. The molecule has 5 nitrogen and oxygen atoms in total. The summed E-state index contributed by atoms with van der Waals surface area (Å²) in [6.45, 7) is 7.64. The van der Waals surface area contributed by atoms with Crippen LogP contribution in [0.3, 0.4) is 0 Å². The van der Waals surface area contributed by atoms with E-state index in [1.807, 2.05) is 31.4 Å². The lowest BCUT2D eigenvalue weighted by atomic mass is 9.83. The van der Waals surface area contributed by atoms with E-state index in [0.717, 1.165) is 12.1 Å². The first-order chi connectivity index (χ1) is 9.83. The number of hydrogen-bond acceptors (Lipinski definition) is 3. The first kappa shape index (κ1) is 14.2. The van der Waals surface area contributed by atoms with E-state index < -0.39 is 5.60 Å². The van der Waals surface area contributed by atoms with Crippen LogP contribution in [-0.2, 0) is 11.3 Å². The van der Waals surface area contributed by atoms with Gasteiger partial charge in [0.1, 0.15) is 5.60 Å². The molecule has 1 saturated heterocycles. The average molecular weight is 290 g/mol. The molecular formula is C16H22N2O3. The zero-order chi connectivity index (χ0) is 15.2. The van der Waals surface area contributed by atoms with Gasteiger partial charge in [0.15, 0.2) is 0 Å². The van der Waals surface area contributed by atoms with Gasteiger partial charge in [0.05, 0.1) is 0 Å². The van der Waals surface area contributed by atoms with Crippen LogP contribution < -0.4 is 5.56 Å². The SMILES string of the molecule is CC(C)(C)OC(=O)N1CC2C[C@@H](C1)c1cccc(=O)n1C2. The van der Waals surface area contributed by atoms with Crippen LogP contribution in [0.25, 0.3) is 0 Å². The van der Waals surface area contributed by atoms with E-state index in [9.17, 15) is 9.59 Å². The van der Waals surface area contributed by atoms with E-state index in [1.165, 1.54) is 0 Å². The van der Waals surface area contributed by atoms with Crippen molar-refractivity contribution in [2.24, 2.45) is 5.92 Å². The molecule has 2 atom stereocenters. The summed E-state index contributed by atoms with van der Waals surface area (Å²) < 4.78 is 7.34. The summed E-state index contributed by atoms with van der Waals surface area (Å²) in [6.07, 6.45) is 0.798. The molecule has 0 saturated carbocycles. The van der Waals surface area contributed by atoms with Gasteiger partial charge in [-0.15, -0.1) is 0 Å². The van der Waals surface area contributed by atoms with Gasteiger partial charge in [-0.1, -0.05) is 6.07 Å². The maximum atomic E-state index is 12.3. The number of carbonyl (C=O) groups excluding carboxylic acids is 1. The Labute approximate surface area is 124 Å². The standard InChI is InChI=1S/C16H22N2O3/c1-16(2,3)21-15(20)17-8-11-7-12(10-17)13-5-4-6-14(19)18(13)9-11/h4-6,11-12H,7-10H2,1-3H3/t11?,12-/m0/s1. The van der Waals surface area contributed by atoms with Gasteiger partial charge in [-0.3, -0.25) is 4.79 Å². The van der Waals surface area contributed by atoms with Crippen molar-refractivity contribution in [2.75, 3.05) is 13.1 Å². The summed E-state index contributed by atoms with van der Waals surface area (Å²) in [5, 5.41) is 0. The fourth-order valence-corrected chi connectivity index (χ4v) is 3.37. The van der Waals surface area contributed by atoms with E-state index in [0.29, 0.717) is 25.6 Å². The van der Waals surface area contributed by atoms with Gasteiger partial charge in [-0.05, 0) is 39.2 Å². The van der Waals surface area contributed by atoms with Gasteiger partial charge in [0.25, 0.3) is 5.56 Å². The zero-order valence-corrected chi connectivity index (χ0v) is 12.8. The lowest BCUT2D eigenvalue weighted by Crippen LogP contribution is -2.50. The second kappa shape index (κ2) is 4.90. The van der Waals surface area contributed by atoms with Crippen molar-refractivity contribution in [2.45, 2.75) is 45.3 Å². The van der Waals surface area contributed by atoms with Crippen LogP contribution in [0.1, 0.15) is 38.8 Å². The molecule has 1 fully saturated rings. The molecule has 0 aliphatic carbocycles. The Balaban J connectivity index is 1.82. The molecule has 2 aliphatic heterocycles. The number of piperidine rings is 1. The molecule has 5 heteroatoms. The summed E-state index contributed by atoms with van der Waals surface area (Å²) in [6, 6.07) is 5.41. The highest BCUT2D eigenvalue weighted by atomic mass is 16.6. The normalized spacial score (nSPS) is 24.4. The number of pyridine rings is 1. The van der Waals surface area contributed by atoms with Crippen LogP contribution in [0.4, 0.5) is 4.79 Å². The minimum atomic E-state index is -0.474. The number of ether oxygens (including phenoxy) is 1. The Kier molecular flexibility index (Phi) is 3.30. The first-order valence-electron chi connectivity index (χ1n) is 7.51. The molecule has 2 aliphatic rings. The van der Waals surface area contributed by atoms with Crippen molar-refractivity contribution >= 4 is 6.09 Å². The van der Waals surface area contributed by atoms with E-state index in [-0.39, 0.29) is 17.6 Å². The highest BCUT2D eigenvalue weighted by Crippen LogP contribution is 2.35. The molecular weight excluding hydrogens is 268 g/mol. The number of carbonyl (C=O) groups is 1. The smallest absolute Gasteiger partial charge is 0.410 e.